The lowest BCUT2D eigenvalue weighted by Crippen LogP contribution is -2.33. The van der Waals surface area contributed by atoms with E-state index in [0.717, 1.165) is 28.3 Å². The summed E-state index contributed by atoms with van der Waals surface area (Å²) in [5, 5.41) is 7.11. The first kappa shape index (κ1) is 23.8. The van der Waals surface area contributed by atoms with E-state index in [1.807, 2.05) is 49.4 Å². The van der Waals surface area contributed by atoms with Gasteiger partial charge in [0.05, 0.1) is 17.8 Å². The largest absolute Gasteiger partial charge is 0.352 e. The molecule has 182 valence electrons. The van der Waals surface area contributed by atoms with Crippen LogP contribution in [0, 0.1) is 13.8 Å². The number of anilines is 1. The minimum absolute atomic E-state index is 0.0440. The number of aryl methyl sites for hydroxylation is 2. The van der Waals surface area contributed by atoms with Crippen molar-refractivity contribution < 1.29 is 4.79 Å². The Morgan fingerprint density at radius 3 is 2.56 bits per heavy atom. The lowest BCUT2D eigenvalue weighted by Gasteiger charge is -2.29. The molecule has 0 bridgehead atoms. The highest BCUT2D eigenvalue weighted by atomic mass is 32.1. The van der Waals surface area contributed by atoms with Gasteiger partial charge in [-0.15, -0.1) is 0 Å². The number of nitrogens with zero attached hydrogens (tertiary/aromatic N) is 3. The highest BCUT2D eigenvalue weighted by Gasteiger charge is 2.41. The zero-order valence-corrected chi connectivity index (χ0v) is 21.2. The van der Waals surface area contributed by atoms with Gasteiger partial charge in [0, 0.05) is 42.4 Å². The molecule has 3 heterocycles. The SMILES string of the molecule is Cc1cccc(NC(=O)CCN2C(=S)N[C@@H](c3ccccn3)[C@H]2c2cccn2-c2cccc(C)c2)c1. The first-order valence-corrected chi connectivity index (χ1v) is 12.5. The van der Waals surface area contributed by atoms with Gasteiger partial charge in [-0.2, -0.15) is 0 Å². The molecule has 7 heteroatoms. The second-order valence-electron chi connectivity index (χ2n) is 9.13. The molecule has 4 aromatic rings. The van der Waals surface area contributed by atoms with E-state index in [-0.39, 0.29) is 18.0 Å². The fourth-order valence-electron chi connectivity index (χ4n) is 4.78. The maximum atomic E-state index is 12.8. The number of amides is 1. The molecule has 6 nitrogen and oxygen atoms in total. The molecule has 2 N–H and O–H groups in total. The molecule has 1 saturated heterocycles. The van der Waals surface area contributed by atoms with Gasteiger partial charge in [-0.1, -0.05) is 30.3 Å². The Hall–Kier alpha value is -3.97. The second-order valence-corrected chi connectivity index (χ2v) is 9.52. The van der Waals surface area contributed by atoms with Crippen molar-refractivity contribution in [2.75, 3.05) is 11.9 Å². The van der Waals surface area contributed by atoms with Crippen LogP contribution in [0.25, 0.3) is 5.69 Å². The lowest BCUT2D eigenvalue weighted by molar-refractivity contribution is -0.116. The van der Waals surface area contributed by atoms with E-state index in [9.17, 15) is 4.79 Å². The van der Waals surface area contributed by atoms with Crippen LogP contribution in [0.4, 0.5) is 5.69 Å². The van der Waals surface area contributed by atoms with Crippen LogP contribution in [0.15, 0.2) is 91.3 Å². The van der Waals surface area contributed by atoms with Crippen LogP contribution in [-0.2, 0) is 4.79 Å². The van der Waals surface area contributed by atoms with Crippen molar-refractivity contribution in [3.63, 3.8) is 0 Å². The van der Waals surface area contributed by atoms with Gasteiger partial charge in [0.1, 0.15) is 0 Å². The van der Waals surface area contributed by atoms with E-state index in [0.29, 0.717) is 18.1 Å². The van der Waals surface area contributed by atoms with Crippen molar-refractivity contribution in [3.05, 3.63) is 114 Å². The van der Waals surface area contributed by atoms with Crippen LogP contribution in [-0.4, -0.2) is 32.0 Å². The zero-order chi connectivity index (χ0) is 25.1. The average Bonchev–Trinajstić information content (AvgIpc) is 3.47. The summed E-state index contributed by atoms with van der Waals surface area (Å²) in [7, 11) is 0. The molecule has 2 atom stereocenters. The monoisotopic (exact) mass is 495 g/mol. The molecule has 0 unspecified atom stereocenters. The number of pyridine rings is 1. The van der Waals surface area contributed by atoms with Crippen LogP contribution in [0.5, 0.6) is 0 Å². The van der Waals surface area contributed by atoms with Gasteiger partial charge in [-0.3, -0.25) is 9.78 Å². The number of thiocarbonyl (C=S) groups is 1. The normalized spacial score (nSPS) is 17.2. The Kier molecular flexibility index (Phi) is 6.82. The number of carbonyl (C=O) groups excluding carboxylic acids is 1. The fourth-order valence-corrected chi connectivity index (χ4v) is 5.12. The molecule has 1 fully saturated rings. The number of hydrogen-bond acceptors (Lipinski definition) is 3. The minimum Gasteiger partial charge on any atom is -0.352 e. The Labute approximate surface area is 217 Å². The number of nitrogens with one attached hydrogen (secondary N) is 2. The van der Waals surface area contributed by atoms with Gasteiger partial charge in [0.15, 0.2) is 5.11 Å². The predicted octanol–water partition coefficient (Wildman–Crippen LogP) is 5.49. The summed E-state index contributed by atoms with van der Waals surface area (Å²) < 4.78 is 2.20. The highest BCUT2D eigenvalue weighted by molar-refractivity contribution is 7.80. The van der Waals surface area contributed by atoms with Crippen LogP contribution in [0.1, 0.15) is 41.0 Å². The molecule has 0 radical (unpaired) electrons. The Balaban J connectivity index is 1.44. The summed E-state index contributed by atoms with van der Waals surface area (Å²) in [5.41, 5.74) is 6.19. The molecule has 1 amide bonds. The van der Waals surface area contributed by atoms with E-state index in [4.69, 9.17) is 12.2 Å². The Morgan fingerprint density at radius 2 is 1.81 bits per heavy atom. The van der Waals surface area contributed by atoms with Gasteiger partial charge in [0.25, 0.3) is 0 Å². The maximum absolute atomic E-state index is 12.8. The van der Waals surface area contributed by atoms with E-state index < -0.39 is 0 Å². The van der Waals surface area contributed by atoms with Crippen molar-refractivity contribution in [2.45, 2.75) is 32.4 Å². The highest BCUT2D eigenvalue weighted by Crippen LogP contribution is 2.39. The van der Waals surface area contributed by atoms with Gasteiger partial charge < -0.3 is 20.1 Å². The van der Waals surface area contributed by atoms with Crippen molar-refractivity contribution in [1.29, 1.82) is 0 Å². The van der Waals surface area contributed by atoms with Gasteiger partial charge in [-0.25, -0.2) is 0 Å². The molecule has 0 saturated carbocycles. The number of carbonyl (C=O) groups is 1. The molecule has 36 heavy (non-hydrogen) atoms. The predicted molar refractivity (Wildman–Crippen MR) is 147 cm³/mol. The molecular weight excluding hydrogens is 466 g/mol. The molecule has 5 rings (SSSR count). The standard InChI is InChI=1S/C29H29N5OS/c1-20-8-5-10-22(18-20)31-26(35)14-17-34-28(27(32-29(34)36)24-12-3-4-15-30-24)25-13-7-16-33(25)23-11-6-9-21(2)19-23/h3-13,15-16,18-19,27-28H,14,17H2,1-2H3,(H,31,35)(H,32,36)/t27-,28+/m0/s1. The molecule has 1 aliphatic heterocycles. The summed E-state index contributed by atoms with van der Waals surface area (Å²) in [6.07, 6.45) is 4.19. The molecule has 1 aliphatic rings. The van der Waals surface area contributed by atoms with Crippen LogP contribution < -0.4 is 10.6 Å². The maximum Gasteiger partial charge on any atom is 0.226 e. The quantitative estimate of drug-likeness (QED) is 0.332. The summed E-state index contributed by atoms with van der Waals surface area (Å²) >= 11 is 5.79. The first-order valence-electron chi connectivity index (χ1n) is 12.1. The lowest BCUT2D eigenvalue weighted by atomic mass is 10.0. The fraction of sp³-hybridized carbons (Fsp3) is 0.207. The van der Waals surface area contributed by atoms with E-state index >= 15 is 0 Å². The Bertz CT molecular complexity index is 1380. The van der Waals surface area contributed by atoms with Gasteiger partial charge >= 0.3 is 0 Å². The van der Waals surface area contributed by atoms with E-state index in [2.05, 4.69) is 74.6 Å². The summed E-state index contributed by atoms with van der Waals surface area (Å²) in [4.78, 5) is 19.6. The number of hydrogen-bond donors (Lipinski definition) is 2. The first-order chi connectivity index (χ1) is 17.5. The third kappa shape index (κ3) is 5.02. The molecule has 0 aliphatic carbocycles. The van der Waals surface area contributed by atoms with Crippen LogP contribution in [0.3, 0.4) is 0 Å². The van der Waals surface area contributed by atoms with Crippen molar-refractivity contribution in [1.82, 2.24) is 19.8 Å². The van der Waals surface area contributed by atoms with Crippen LogP contribution in [0.2, 0.25) is 0 Å². The summed E-state index contributed by atoms with van der Waals surface area (Å²) in [6.45, 7) is 4.58. The zero-order valence-electron chi connectivity index (χ0n) is 20.4. The molecule has 0 spiro atoms. The van der Waals surface area contributed by atoms with Gasteiger partial charge in [-0.05, 0) is 85.7 Å². The van der Waals surface area contributed by atoms with E-state index in [1.54, 1.807) is 6.20 Å². The van der Waals surface area contributed by atoms with Crippen molar-refractivity contribution in [3.8, 4) is 5.69 Å². The van der Waals surface area contributed by atoms with Crippen molar-refractivity contribution >= 4 is 28.9 Å². The average molecular weight is 496 g/mol. The smallest absolute Gasteiger partial charge is 0.226 e. The third-order valence-corrected chi connectivity index (χ3v) is 6.79. The Morgan fingerprint density at radius 1 is 1.00 bits per heavy atom. The van der Waals surface area contributed by atoms with Crippen LogP contribution >= 0.6 is 12.2 Å². The number of benzene rings is 2. The topological polar surface area (TPSA) is 62.2 Å². The summed E-state index contributed by atoms with van der Waals surface area (Å²) in [5.74, 6) is -0.0440. The second kappa shape index (κ2) is 10.3. The molecule has 2 aromatic heterocycles. The number of rotatable bonds is 7. The summed E-state index contributed by atoms with van der Waals surface area (Å²) in [6, 6.07) is 26.1. The van der Waals surface area contributed by atoms with Crippen molar-refractivity contribution in [2.24, 2.45) is 0 Å². The minimum atomic E-state index is -0.142. The third-order valence-electron chi connectivity index (χ3n) is 6.44. The molecule has 2 aromatic carbocycles. The number of aromatic nitrogens is 2. The molecular formula is C29H29N5OS. The van der Waals surface area contributed by atoms with E-state index in [1.165, 1.54) is 5.56 Å². The van der Waals surface area contributed by atoms with Gasteiger partial charge in [0.2, 0.25) is 5.91 Å².